The normalized spacial score (nSPS) is 27.1. The summed E-state index contributed by atoms with van der Waals surface area (Å²) in [5, 5.41) is 0. The smallest absolute Gasteiger partial charge is 0.111 e. The second kappa shape index (κ2) is 5.40. The predicted octanol–water partition coefficient (Wildman–Crippen LogP) is 2.27. The highest BCUT2D eigenvalue weighted by molar-refractivity contribution is 5.14. The first kappa shape index (κ1) is 12.9. The molecule has 3 nitrogen and oxygen atoms in total. The van der Waals surface area contributed by atoms with Crippen molar-refractivity contribution >= 4 is 0 Å². The molecule has 0 aromatic heterocycles. The quantitative estimate of drug-likeness (QED) is 0.816. The van der Waals surface area contributed by atoms with Crippen LogP contribution in [0, 0.1) is 0 Å². The van der Waals surface area contributed by atoms with Crippen LogP contribution >= 0.6 is 0 Å². The molecule has 2 aliphatic heterocycles. The summed E-state index contributed by atoms with van der Waals surface area (Å²) < 4.78 is 5.76. The van der Waals surface area contributed by atoms with Crippen molar-refractivity contribution in [2.24, 2.45) is 5.73 Å². The van der Waals surface area contributed by atoms with Crippen LogP contribution in [-0.2, 0) is 4.74 Å². The first-order valence-electron chi connectivity index (χ1n) is 7.02. The average molecular weight is 238 g/mol. The molecule has 0 radical (unpaired) electrons. The molecule has 0 spiro atoms. The van der Waals surface area contributed by atoms with E-state index in [-0.39, 0.29) is 11.6 Å². The van der Waals surface area contributed by atoms with Crippen LogP contribution in [0.25, 0.3) is 0 Å². The lowest BCUT2D eigenvalue weighted by atomic mass is 9.86. The first-order chi connectivity index (χ1) is 8.18. The molecule has 2 atom stereocenters. The molecule has 0 aliphatic carbocycles. The number of likely N-dealkylation sites (tertiary alicyclic amines) is 1. The number of ether oxygens (including phenoxy) is 1. The van der Waals surface area contributed by atoms with Gasteiger partial charge in [0.15, 0.2) is 0 Å². The predicted molar refractivity (Wildman–Crippen MR) is 70.7 cm³/mol. The Labute approximate surface area is 105 Å². The van der Waals surface area contributed by atoms with Gasteiger partial charge < -0.3 is 10.5 Å². The largest absolute Gasteiger partial charge is 0.497 e. The Morgan fingerprint density at radius 1 is 1.41 bits per heavy atom. The van der Waals surface area contributed by atoms with Gasteiger partial charge in [-0.15, -0.1) is 0 Å². The second-order valence-corrected chi connectivity index (χ2v) is 5.48. The van der Waals surface area contributed by atoms with Crippen LogP contribution in [0.1, 0.15) is 46.0 Å². The molecule has 0 aromatic carbocycles. The third-order valence-corrected chi connectivity index (χ3v) is 4.48. The van der Waals surface area contributed by atoms with Crippen molar-refractivity contribution in [3.63, 3.8) is 0 Å². The molecular weight excluding hydrogens is 212 g/mol. The molecule has 98 valence electrons. The highest BCUT2D eigenvalue weighted by Gasteiger charge is 2.40. The van der Waals surface area contributed by atoms with Gasteiger partial charge in [0, 0.05) is 5.54 Å². The zero-order valence-corrected chi connectivity index (χ0v) is 11.2. The fraction of sp³-hybridized carbons (Fsp3) is 0.857. The number of allylic oxidation sites excluding steroid dienone is 1. The van der Waals surface area contributed by atoms with Crippen LogP contribution in [0.2, 0.25) is 0 Å². The van der Waals surface area contributed by atoms with Gasteiger partial charge >= 0.3 is 0 Å². The zero-order valence-electron chi connectivity index (χ0n) is 11.2. The minimum Gasteiger partial charge on any atom is -0.497 e. The first-order valence-corrected chi connectivity index (χ1v) is 7.02. The maximum Gasteiger partial charge on any atom is 0.111 e. The second-order valence-electron chi connectivity index (χ2n) is 5.48. The number of nitrogens with zero attached hydrogens (tertiary/aromatic N) is 1. The van der Waals surface area contributed by atoms with E-state index in [1.54, 1.807) is 0 Å². The third-order valence-electron chi connectivity index (χ3n) is 4.48. The molecule has 2 unspecified atom stereocenters. The highest BCUT2D eigenvalue weighted by atomic mass is 16.5. The monoisotopic (exact) mass is 238 g/mol. The molecule has 0 bridgehead atoms. The van der Waals surface area contributed by atoms with Crippen molar-refractivity contribution in [3.8, 4) is 0 Å². The van der Waals surface area contributed by atoms with Gasteiger partial charge in [-0.3, -0.25) is 4.90 Å². The van der Waals surface area contributed by atoms with Gasteiger partial charge in [0.2, 0.25) is 0 Å². The summed E-state index contributed by atoms with van der Waals surface area (Å²) in [5.74, 6) is 1.02. The van der Waals surface area contributed by atoms with Gasteiger partial charge in [-0.1, -0.05) is 6.92 Å². The van der Waals surface area contributed by atoms with Gasteiger partial charge in [-0.05, 0) is 58.2 Å². The van der Waals surface area contributed by atoms with Crippen molar-refractivity contribution in [1.82, 2.24) is 4.90 Å². The lowest BCUT2D eigenvalue weighted by molar-refractivity contribution is 0.0733. The van der Waals surface area contributed by atoms with E-state index in [9.17, 15) is 0 Å². The van der Waals surface area contributed by atoms with Crippen molar-refractivity contribution in [2.45, 2.75) is 57.5 Å². The van der Waals surface area contributed by atoms with E-state index in [0.717, 1.165) is 31.6 Å². The molecule has 2 aliphatic rings. The molecule has 3 heteroatoms. The summed E-state index contributed by atoms with van der Waals surface area (Å²) in [6.07, 6.45) is 8.13. The Kier molecular flexibility index (Phi) is 4.10. The highest BCUT2D eigenvalue weighted by Crippen LogP contribution is 2.31. The maximum atomic E-state index is 6.48. The summed E-state index contributed by atoms with van der Waals surface area (Å²) in [6.45, 7) is 7.74. The molecule has 2 rings (SSSR count). The Hall–Kier alpha value is -0.540. The van der Waals surface area contributed by atoms with Gasteiger partial charge in [0.1, 0.15) is 5.76 Å². The molecule has 17 heavy (non-hydrogen) atoms. The van der Waals surface area contributed by atoms with Crippen molar-refractivity contribution in [1.29, 1.82) is 0 Å². The summed E-state index contributed by atoms with van der Waals surface area (Å²) in [4.78, 5) is 2.55. The number of hydrogen-bond acceptors (Lipinski definition) is 3. The van der Waals surface area contributed by atoms with Crippen LogP contribution in [0.3, 0.4) is 0 Å². The third kappa shape index (κ3) is 2.50. The summed E-state index contributed by atoms with van der Waals surface area (Å²) in [7, 11) is 0. The fourth-order valence-electron chi connectivity index (χ4n) is 2.97. The topological polar surface area (TPSA) is 38.5 Å². The van der Waals surface area contributed by atoms with Crippen LogP contribution in [0.15, 0.2) is 11.8 Å². The molecular formula is C14H26N2O. The standard InChI is InChI=1S/C14H26N2O/c1-3-14(2,16-9-5-6-10-16)13(15)12-8-4-7-11-17-12/h8,13H,3-7,9-11,15H2,1-2H3. The minimum atomic E-state index is 0.0194. The molecule has 0 amide bonds. The van der Waals surface area contributed by atoms with Crippen LogP contribution < -0.4 is 5.73 Å². The molecule has 0 saturated carbocycles. The summed E-state index contributed by atoms with van der Waals surface area (Å²) in [5.41, 5.74) is 6.54. The van der Waals surface area contributed by atoms with E-state index in [0.29, 0.717) is 0 Å². The maximum absolute atomic E-state index is 6.48. The summed E-state index contributed by atoms with van der Waals surface area (Å²) >= 11 is 0. The van der Waals surface area contributed by atoms with Crippen molar-refractivity contribution in [3.05, 3.63) is 11.8 Å². The number of rotatable bonds is 4. The van der Waals surface area contributed by atoms with Gasteiger partial charge in [0.25, 0.3) is 0 Å². The van der Waals surface area contributed by atoms with Crippen molar-refractivity contribution < 1.29 is 4.74 Å². The van der Waals surface area contributed by atoms with E-state index in [4.69, 9.17) is 10.5 Å². The Morgan fingerprint density at radius 2 is 2.12 bits per heavy atom. The van der Waals surface area contributed by atoms with Crippen LogP contribution in [0.4, 0.5) is 0 Å². The van der Waals surface area contributed by atoms with E-state index in [1.807, 2.05) is 0 Å². The Balaban J connectivity index is 2.12. The van der Waals surface area contributed by atoms with Crippen LogP contribution in [-0.4, -0.2) is 36.2 Å². The summed E-state index contributed by atoms with van der Waals surface area (Å²) in [6, 6.07) is 0.0194. The molecule has 2 N–H and O–H groups in total. The Bertz CT molecular complexity index is 284. The zero-order chi connectivity index (χ0) is 12.3. The van der Waals surface area contributed by atoms with Crippen LogP contribution in [0.5, 0.6) is 0 Å². The van der Waals surface area contributed by atoms with Gasteiger partial charge in [-0.2, -0.15) is 0 Å². The van der Waals surface area contributed by atoms with E-state index in [1.165, 1.54) is 25.9 Å². The molecule has 0 aromatic rings. The van der Waals surface area contributed by atoms with Crippen molar-refractivity contribution in [2.75, 3.05) is 19.7 Å². The molecule has 1 saturated heterocycles. The molecule has 1 fully saturated rings. The van der Waals surface area contributed by atoms with Gasteiger partial charge in [0.05, 0.1) is 12.6 Å². The minimum absolute atomic E-state index is 0.0194. The van der Waals surface area contributed by atoms with Gasteiger partial charge in [-0.25, -0.2) is 0 Å². The average Bonchev–Trinajstić information content (AvgIpc) is 2.92. The lowest BCUT2D eigenvalue weighted by Crippen LogP contribution is -2.58. The SMILES string of the molecule is CCC(C)(C(N)C1=CCCCO1)N1CCCC1. The fourth-order valence-corrected chi connectivity index (χ4v) is 2.97. The van der Waals surface area contributed by atoms with E-state index < -0.39 is 0 Å². The number of nitrogens with two attached hydrogens (primary N) is 1. The Morgan fingerprint density at radius 3 is 2.65 bits per heavy atom. The molecule has 2 heterocycles. The number of hydrogen-bond donors (Lipinski definition) is 1. The lowest BCUT2D eigenvalue weighted by Gasteiger charge is -2.43. The van der Waals surface area contributed by atoms with E-state index >= 15 is 0 Å². The van der Waals surface area contributed by atoms with E-state index in [2.05, 4.69) is 24.8 Å².